The smallest absolute Gasteiger partial charge is 0.266 e. The second kappa shape index (κ2) is 6.28. The van der Waals surface area contributed by atoms with E-state index in [1.807, 2.05) is 0 Å². The quantitative estimate of drug-likeness (QED) is 0.424. The van der Waals surface area contributed by atoms with Crippen LogP contribution in [0.25, 0.3) is 0 Å². The third kappa shape index (κ3) is 8.13. The van der Waals surface area contributed by atoms with Crippen molar-refractivity contribution in [1.82, 2.24) is 4.90 Å². The van der Waals surface area contributed by atoms with Crippen LogP contribution in [0.4, 0.5) is 0 Å². The number of hydrogen-bond acceptors (Lipinski definition) is 5. The fourth-order valence-corrected chi connectivity index (χ4v) is 1.43. The van der Waals surface area contributed by atoms with Crippen LogP contribution in [0.2, 0.25) is 0 Å². The predicted octanol–water partition coefficient (Wildman–Crippen LogP) is -1.91. The van der Waals surface area contributed by atoms with Crippen molar-refractivity contribution >= 4 is 10.1 Å². The van der Waals surface area contributed by atoms with Crippen LogP contribution >= 0.6 is 0 Å². The zero-order chi connectivity index (χ0) is 10.3. The third-order valence-electron chi connectivity index (χ3n) is 1.56. The highest BCUT2D eigenvalue weighted by molar-refractivity contribution is 7.85. The Hall–Kier alpha value is -0.210. The summed E-state index contributed by atoms with van der Waals surface area (Å²) in [7, 11) is -3.88. The Kier molecular flexibility index (Phi) is 6.17. The minimum atomic E-state index is -3.88. The third-order valence-corrected chi connectivity index (χ3v) is 2.25. The number of nitrogens with two attached hydrogens (primary N) is 2. The van der Waals surface area contributed by atoms with Gasteiger partial charge in [0.1, 0.15) is 0 Å². The highest BCUT2D eigenvalue weighted by Crippen LogP contribution is 1.89. The summed E-state index contributed by atoms with van der Waals surface area (Å²) in [5.41, 5.74) is 10.6. The molecular formula is C6H17N3O3S. The van der Waals surface area contributed by atoms with Crippen molar-refractivity contribution in [2.24, 2.45) is 11.5 Å². The van der Waals surface area contributed by atoms with E-state index in [1.54, 1.807) is 4.90 Å². The molecule has 0 aromatic rings. The summed E-state index contributed by atoms with van der Waals surface area (Å²) >= 11 is 0. The van der Waals surface area contributed by atoms with E-state index in [1.165, 1.54) is 0 Å². The van der Waals surface area contributed by atoms with Crippen molar-refractivity contribution in [3.05, 3.63) is 0 Å². The summed E-state index contributed by atoms with van der Waals surface area (Å²) in [5.74, 6) is -0.271. The number of nitrogens with zero attached hydrogens (tertiary/aromatic N) is 1. The fraction of sp³-hybridized carbons (Fsp3) is 1.00. The van der Waals surface area contributed by atoms with Crippen molar-refractivity contribution in [2.75, 3.05) is 38.5 Å². The normalized spacial score (nSPS) is 12.3. The molecule has 80 valence electrons. The van der Waals surface area contributed by atoms with Crippen LogP contribution in [-0.2, 0) is 10.1 Å². The van der Waals surface area contributed by atoms with E-state index in [4.69, 9.17) is 16.0 Å². The van der Waals surface area contributed by atoms with Crippen molar-refractivity contribution in [3.63, 3.8) is 0 Å². The van der Waals surface area contributed by atoms with Gasteiger partial charge in [-0.3, -0.25) is 9.45 Å². The van der Waals surface area contributed by atoms with Crippen molar-refractivity contribution in [2.45, 2.75) is 0 Å². The molecule has 0 aromatic heterocycles. The Balaban J connectivity index is 3.81. The van der Waals surface area contributed by atoms with E-state index >= 15 is 0 Å². The lowest BCUT2D eigenvalue weighted by Crippen LogP contribution is -2.37. The van der Waals surface area contributed by atoms with Gasteiger partial charge < -0.3 is 11.5 Å². The first kappa shape index (κ1) is 12.8. The molecule has 0 atom stereocenters. The average molecular weight is 211 g/mol. The van der Waals surface area contributed by atoms with Gasteiger partial charge in [0.2, 0.25) is 0 Å². The van der Waals surface area contributed by atoms with Gasteiger partial charge in [-0.1, -0.05) is 0 Å². The molecule has 0 aromatic carbocycles. The second-order valence-electron chi connectivity index (χ2n) is 2.71. The van der Waals surface area contributed by atoms with Gasteiger partial charge >= 0.3 is 0 Å². The molecular weight excluding hydrogens is 194 g/mol. The molecule has 0 heterocycles. The minimum Gasteiger partial charge on any atom is -0.329 e. The topological polar surface area (TPSA) is 110 Å². The largest absolute Gasteiger partial charge is 0.329 e. The lowest BCUT2D eigenvalue weighted by Gasteiger charge is -2.19. The summed E-state index contributed by atoms with van der Waals surface area (Å²) in [6.07, 6.45) is 0. The molecule has 0 aliphatic rings. The maximum atomic E-state index is 10.4. The van der Waals surface area contributed by atoms with Gasteiger partial charge in [-0.2, -0.15) is 8.42 Å². The van der Waals surface area contributed by atoms with Gasteiger partial charge in [0, 0.05) is 32.7 Å². The molecule has 0 aliphatic carbocycles. The molecule has 0 radical (unpaired) electrons. The van der Waals surface area contributed by atoms with Gasteiger partial charge in [0.15, 0.2) is 0 Å². The standard InChI is InChI=1S/C6H17N3O3S/c7-1-3-9(4-2-8)5-6-13(10,11)12/h1-8H2,(H,10,11,12). The van der Waals surface area contributed by atoms with Crippen molar-refractivity contribution in [3.8, 4) is 0 Å². The number of hydrogen-bond donors (Lipinski definition) is 3. The molecule has 0 fully saturated rings. The first-order valence-corrected chi connectivity index (χ1v) is 5.68. The molecule has 0 spiro atoms. The van der Waals surface area contributed by atoms with E-state index in [9.17, 15) is 8.42 Å². The molecule has 5 N–H and O–H groups in total. The molecule has 0 unspecified atom stereocenters. The molecule has 0 aliphatic heterocycles. The molecule has 0 saturated heterocycles. The summed E-state index contributed by atoms with van der Waals surface area (Å²) in [6, 6.07) is 0. The average Bonchev–Trinajstić information content (AvgIpc) is 2.00. The maximum absolute atomic E-state index is 10.4. The minimum absolute atomic E-state index is 0.271. The fourth-order valence-electron chi connectivity index (χ4n) is 0.945. The first-order chi connectivity index (χ1) is 5.99. The Morgan fingerprint density at radius 2 is 1.54 bits per heavy atom. The van der Waals surface area contributed by atoms with E-state index in [2.05, 4.69) is 0 Å². The summed E-state index contributed by atoms with van der Waals surface area (Å²) in [4.78, 5) is 1.80. The van der Waals surface area contributed by atoms with Crippen LogP contribution < -0.4 is 11.5 Å². The van der Waals surface area contributed by atoms with E-state index in [-0.39, 0.29) is 12.3 Å². The van der Waals surface area contributed by atoms with Gasteiger partial charge in [-0.05, 0) is 0 Å². The zero-order valence-corrected chi connectivity index (χ0v) is 8.33. The highest BCUT2D eigenvalue weighted by atomic mass is 32.2. The SMILES string of the molecule is NCCN(CCN)CCS(=O)(=O)O. The second-order valence-corrected chi connectivity index (χ2v) is 4.28. The lowest BCUT2D eigenvalue weighted by atomic mass is 10.4. The molecule has 7 heteroatoms. The van der Waals surface area contributed by atoms with Crippen molar-refractivity contribution < 1.29 is 13.0 Å². The predicted molar refractivity (Wildman–Crippen MR) is 51.0 cm³/mol. The van der Waals surface area contributed by atoms with Crippen LogP contribution in [0.15, 0.2) is 0 Å². The molecule has 0 bridgehead atoms. The Morgan fingerprint density at radius 3 is 1.85 bits per heavy atom. The van der Waals surface area contributed by atoms with Gasteiger partial charge in [-0.15, -0.1) is 0 Å². The summed E-state index contributed by atoms with van der Waals surface area (Å²) < 4.78 is 29.3. The first-order valence-electron chi connectivity index (χ1n) is 4.07. The van der Waals surface area contributed by atoms with Crippen LogP contribution in [0.3, 0.4) is 0 Å². The van der Waals surface area contributed by atoms with E-state index < -0.39 is 10.1 Å². The van der Waals surface area contributed by atoms with Crippen molar-refractivity contribution in [1.29, 1.82) is 0 Å². The van der Waals surface area contributed by atoms with E-state index in [0.29, 0.717) is 26.2 Å². The van der Waals surface area contributed by atoms with Gasteiger partial charge in [0.05, 0.1) is 5.75 Å². The highest BCUT2D eigenvalue weighted by Gasteiger charge is 2.08. The monoisotopic (exact) mass is 211 g/mol. The van der Waals surface area contributed by atoms with Crippen LogP contribution in [-0.4, -0.2) is 56.3 Å². The Labute approximate surface area is 78.6 Å². The lowest BCUT2D eigenvalue weighted by molar-refractivity contribution is 0.302. The summed E-state index contributed by atoms with van der Waals surface area (Å²) in [5, 5.41) is 0. The Bertz CT molecular complexity index is 211. The molecule has 0 amide bonds. The van der Waals surface area contributed by atoms with Gasteiger partial charge in [0.25, 0.3) is 10.1 Å². The zero-order valence-electron chi connectivity index (χ0n) is 7.52. The summed E-state index contributed by atoms with van der Waals surface area (Å²) in [6.45, 7) is 2.35. The van der Waals surface area contributed by atoms with E-state index in [0.717, 1.165) is 0 Å². The van der Waals surface area contributed by atoms with Crippen LogP contribution in [0, 0.1) is 0 Å². The molecule has 0 rings (SSSR count). The van der Waals surface area contributed by atoms with Crippen LogP contribution in [0.1, 0.15) is 0 Å². The maximum Gasteiger partial charge on any atom is 0.266 e. The molecule has 0 saturated carbocycles. The molecule has 6 nitrogen and oxygen atoms in total. The molecule has 13 heavy (non-hydrogen) atoms. The van der Waals surface area contributed by atoms with Crippen LogP contribution in [0.5, 0.6) is 0 Å². The Morgan fingerprint density at radius 1 is 1.08 bits per heavy atom. The number of rotatable bonds is 7. The van der Waals surface area contributed by atoms with Gasteiger partial charge in [-0.25, -0.2) is 0 Å².